The molecule has 0 unspecified atom stereocenters. The van der Waals surface area contributed by atoms with Crippen LogP contribution in [0.2, 0.25) is 0 Å². The van der Waals surface area contributed by atoms with Crippen LogP contribution in [-0.4, -0.2) is 81.2 Å². The number of H-pyrrole nitrogens is 1. The van der Waals surface area contributed by atoms with Crippen molar-refractivity contribution < 1.29 is 4.79 Å². The van der Waals surface area contributed by atoms with Crippen molar-refractivity contribution in [2.45, 2.75) is 32.2 Å². The Morgan fingerprint density at radius 3 is 2.37 bits per heavy atom. The summed E-state index contributed by atoms with van der Waals surface area (Å²) in [6.45, 7) is 11.7. The third kappa shape index (κ3) is 3.66. The van der Waals surface area contributed by atoms with Gasteiger partial charge in [-0.25, -0.2) is 9.97 Å². The third-order valence-electron chi connectivity index (χ3n) is 5.42. The highest BCUT2D eigenvalue weighted by Gasteiger charge is 2.37. The lowest BCUT2D eigenvalue weighted by atomic mass is 9.92. The van der Waals surface area contributed by atoms with E-state index in [9.17, 15) is 4.79 Å². The van der Waals surface area contributed by atoms with Crippen molar-refractivity contribution in [2.75, 3.05) is 44.2 Å². The van der Waals surface area contributed by atoms with Crippen LogP contribution < -0.4 is 4.90 Å². The van der Waals surface area contributed by atoms with Gasteiger partial charge in [0.05, 0.1) is 0 Å². The molecule has 1 amide bonds. The van der Waals surface area contributed by atoms with Gasteiger partial charge in [-0.2, -0.15) is 5.10 Å². The summed E-state index contributed by atoms with van der Waals surface area (Å²) in [6, 6.07) is 4.16. The molecule has 4 rings (SSSR count). The number of piperazine rings is 1. The van der Waals surface area contributed by atoms with E-state index >= 15 is 0 Å². The Labute approximate surface area is 159 Å². The zero-order valence-electron chi connectivity index (χ0n) is 16.2. The lowest BCUT2D eigenvalue weighted by molar-refractivity contribution is 0.0241. The second-order valence-corrected chi connectivity index (χ2v) is 8.35. The molecule has 8 nitrogen and oxygen atoms in total. The minimum Gasteiger partial charge on any atom is -0.338 e. The fourth-order valence-electron chi connectivity index (χ4n) is 3.57. The van der Waals surface area contributed by atoms with Gasteiger partial charge in [-0.05, 0) is 12.1 Å². The number of hydrogen-bond donors (Lipinski definition) is 1. The highest BCUT2D eigenvalue weighted by atomic mass is 16.2. The van der Waals surface area contributed by atoms with Crippen LogP contribution in [0.3, 0.4) is 0 Å². The van der Waals surface area contributed by atoms with Gasteiger partial charge in [-0.15, -0.1) is 0 Å². The Morgan fingerprint density at radius 2 is 1.78 bits per heavy atom. The van der Waals surface area contributed by atoms with Gasteiger partial charge < -0.3 is 9.80 Å². The van der Waals surface area contributed by atoms with Crippen molar-refractivity contribution in [3.8, 4) is 0 Å². The SMILES string of the molecule is CC(C)(C)c1cc(C(=O)N2CC(N3CCN(c4ncccn4)CC3)C2)n[nH]1. The topological polar surface area (TPSA) is 81.2 Å². The summed E-state index contributed by atoms with van der Waals surface area (Å²) in [5.74, 6) is 0.824. The first-order valence-corrected chi connectivity index (χ1v) is 9.53. The van der Waals surface area contributed by atoms with E-state index in [1.165, 1.54) is 0 Å². The summed E-state index contributed by atoms with van der Waals surface area (Å²) in [6.07, 6.45) is 3.56. The largest absolute Gasteiger partial charge is 0.338 e. The standard InChI is InChI=1S/C19H27N7O/c1-19(2,3)16-11-15(22-23-16)17(27)26-12-14(13-26)24-7-9-25(10-8-24)18-20-5-4-6-21-18/h4-6,11,14H,7-10,12-13H2,1-3H3,(H,22,23). The van der Waals surface area contributed by atoms with E-state index < -0.39 is 0 Å². The highest BCUT2D eigenvalue weighted by molar-refractivity contribution is 5.93. The molecule has 2 aromatic heterocycles. The molecule has 144 valence electrons. The lowest BCUT2D eigenvalue weighted by Gasteiger charge is -2.47. The average molecular weight is 369 g/mol. The first-order valence-electron chi connectivity index (χ1n) is 9.53. The van der Waals surface area contributed by atoms with Crippen LogP contribution >= 0.6 is 0 Å². The molecule has 2 aliphatic rings. The van der Waals surface area contributed by atoms with Gasteiger partial charge >= 0.3 is 0 Å². The summed E-state index contributed by atoms with van der Waals surface area (Å²) < 4.78 is 0. The van der Waals surface area contributed by atoms with Crippen LogP contribution in [0.4, 0.5) is 5.95 Å². The molecule has 2 fully saturated rings. The molecule has 2 aromatic rings. The molecule has 0 spiro atoms. The van der Waals surface area contributed by atoms with Gasteiger partial charge in [-0.3, -0.25) is 14.8 Å². The van der Waals surface area contributed by atoms with Gasteiger partial charge in [0.15, 0.2) is 0 Å². The van der Waals surface area contributed by atoms with E-state index in [-0.39, 0.29) is 11.3 Å². The van der Waals surface area contributed by atoms with E-state index in [4.69, 9.17) is 0 Å². The van der Waals surface area contributed by atoms with Crippen LogP contribution in [0.5, 0.6) is 0 Å². The van der Waals surface area contributed by atoms with E-state index in [2.05, 4.69) is 50.7 Å². The Hall–Kier alpha value is -2.48. The summed E-state index contributed by atoms with van der Waals surface area (Å²) in [7, 11) is 0. The number of likely N-dealkylation sites (tertiary alicyclic amines) is 1. The number of amides is 1. The Kier molecular flexibility index (Phi) is 4.59. The molecular formula is C19H27N7O. The number of nitrogens with zero attached hydrogens (tertiary/aromatic N) is 6. The zero-order chi connectivity index (χ0) is 19.0. The number of rotatable bonds is 3. The molecule has 2 aliphatic heterocycles. The first-order chi connectivity index (χ1) is 12.9. The average Bonchev–Trinajstić information content (AvgIpc) is 3.12. The fourth-order valence-corrected chi connectivity index (χ4v) is 3.57. The molecule has 8 heteroatoms. The lowest BCUT2D eigenvalue weighted by Crippen LogP contribution is -2.64. The Morgan fingerprint density at radius 1 is 1.11 bits per heavy atom. The highest BCUT2D eigenvalue weighted by Crippen LogP contribution is 2.23. The second kappa shape index (κ2) is 6.92. The molecule has 1 N–H and O–H groups in total. The van der Waals surface area contributed by atoms with Crippen molar-refractivity contribution in [3.05, 3.63) is 35.9 Å². The monoisotopic (exact) mass is 369 g/mol. The number of hydrogen-bond acceptors (Lipinski definition) is 6. The van der Waals surface area contributed by atoms with Gasteiger partial charge in [0, 0.05) is 68.8 Å². The summed E-state index contributed by atoms with van der Waals surface area (Å²) in [5.41, 5.74) is 1.47. The number of carbonyl (C=O) groups is 1. The first kappa shape index (κ1) is 17.9. The Bertz CT molecular complexity index is 784. The van der Waals surface area contributed by atoms with Gasteiger partial charge in [0.25, 0.3) is 5.91 Å². The van der Waals surface area contributed by atoms with E-state index in [0.29, 0.717) is 11.7 Å². The fraction of sp³-hybridized carbons (Fsp3) is 0.579. The van der Waals surface area contributed by atoms with Crippen LogP contribution in [0.15, 0.2) is 24.5 Å². The summed E-state index contributed by atoms with van der Waals surface area (Å²) >= 11 is 0. The predicted octanol–water partition coefficient (Wildman–Crippen LogP) is 1.14. The second-order valence-electron chi connectivity index (χ2n) is 8.35. The van der Waals surface area contributed by atoms with E-state index in [1.807, 2.05) is 17.0 Å². The molecule has 0 saturated carbocycles. The van der Waals surface area contributed by atoms with E-state index in [0.717, 1.165) is 50.9 Å². The maximum absolute atomic E-state index is 12.6. The zero-order valence-corrected chi connectivity index (χ0v) is 16.2. The molecular weight excluding hydrogens is 342 g/mol. The van der Waals surface area contributed by atoms with Crippen LogP contribution in [0, 0.1) is 0 Å². The Balaban J connectivity index is 1.27. The van der Waals surface area contributed by atoms with Crippen LogP contribution in [-0.2, 0) is 5.41 Å². The molecule has 0 radical (unpaired) electrons. The number of aromatic nitrogens is 4. The van der Waals surface area contributed by atoms with E-state index in [1.54, 1.807) is 12.4 Å². The third-order valence-corrected chi connectivity index (χ3v) is 5.42. The summed E-state index contributed by atoms with van der Waals surface area (Å²) in [4.78, 5) is 27.9. The summed E-state index contributed by atoms with van der Waals surface area (Å²) in [5, 5.41) is 7.22. The van der Waals surface area contributed by atoms with Crippen molar-refractivity contribution in [1.82, 2.24) is 30.0 Å². The molecule has 4 heterocycles. The maximum atomic E-state index is 12.6. The molecule has 0 aromatic carbocycles. The molecule has 2 saturated heterocycles. The van der Waals surface area contributed by atoms with Crippen molar-refractivity contribution in [2.24, 2.45) is 0 Å². The van der Waals surface area contributed by atoms with Crippen molar-refractivity contribution in [3.63, 3.8) is 0 Å². The molecule has 0 aliphatic carbocycles. The van der Waals surface area contributed by atoms with Crippen molar-refractivity contribution >= 4 is 11.9 Å². The molecule has 27 heavy (non-hydrogen) atoms. The van der Waals surface area contributed by atoms with Crippen molar-refractivity contribution in [1.29, 1.82) is 0 Å². The minimum absolute atomic E-state index is 0.0225. The minimum atomic E-state index is -0.0366. The number of anilines is 1. The normalized spacial score (nSPS) is 19.2. The number of aromatic amines is 1. The number of carbonyl (C=O) groups excluding carboxylic acids is 1. The van der Waals surface area contributed by atoms with Crippen LogP contribution in [0.25, 0.3) is 0 Å². The maximum Gasteiger partial charge on any atom is 0.274 e. The van der Waals surface area contributed by atoms with Gasteiger partial charge in [0.1, 0.15) is 5.69 Å². The molecule has 0 bridgehead atoms. The number of nitrogens with one attached hydrogen (secondary N) is 1. The predicted molar refractivity (Wildman–Crippen MR) is 103 cm³/mol. The smallest absolute Gasteiger partial charge is 0.274 e. The molecule has 0 atom stereocenters. The van der Waals surface area contributed by atoms with Crippen LogP contribution in [0.1, 0.15) is 37.0 Å². The van der Waals surface area contributed by atoms with Gasteiger partial charge in [0.2, 0.25) is 5.95 Å². The quantitative estimate of drug-likeness (QED) is 0.874. The van der Waals surface area contributed by atoms with Gasteiger partial charge in [-0.1, -0.05) is 20.8 Å².